The van der Waals surface area contributed by atoms with E-state index in [1.807, 2.05) is 43.3 Å². The van der Waals surface area contributed by atoms with Crippen molar-refractivity contribution in [3.8, 4) is 0 Å². The molecule has 0 spiro atoms. The molecule has 1 amide bonds. The minimum atomic E-state index is -0.00581. The van der Waals surface area contributed by atoms with Gasteiger partial charge in [0.25, 0.3) is 5.91 Å². The number of fused-ring (bicyclic) bond motifs is 1. The van der Waals surface area contributed by atoms with Gasteiger partial charge in [0, 0.05) is 16.6 Å². The van der Waals surface area contributed by atoms with Crippen LogP contribution in [0.5, 0.6) is 0 Å². The molecule has 0 aliphatic rings. The molecule has 0 saturated heterocycles. The van der Waals surface area contributed by atoms with Gasteiger partial charge in [0.2, 0.25) is 0 Å². The highest BCUT2D eigenvalue weighted by Crippen LogP contribution is 2.24. The fraction of sp³-hybridized carbons (Fsp3) is 0.214. The van der Waals surface area contributed by atoms with E-state index >= 15 is 0 Å². The van der Waals surface area contributed by atoms with Crippen LogP contribution in [0.1, 0.15) is 23.7 Å². The van der Waals surface area contributed by atoms with Gasteiger partial charge in [-0.25, -0.2) is 0 Å². The summed E-state index contributed by atoms with van der Waals surface area (Å²) in [6, 6.07) is 11.7. The zero-order valence-corrected chi connectivity index (χ0v) is 11.3. The van der Waals surface area contributed by atoms with E-state index in [1.165, 1.54) is 0 Å². The summed E-state index contributed by atoms with van der Waals surface area (Å²) in [6.45, 7) is 2.76. The van der Waals surface area contributed by atoms with Crippen LogP contribution in [0, 0.1) is 0 Å². The summed E-state index contributed by atoms with van der Waals surface area (Å²) in [5.41, 5.74) is 0.712. The Labute approximate surface area is 109 Å². The summed E-state index contributed by atoms with van der Waals surface area (Å²) >= 11 is 3.50. The van der Waals surface area contributed by atoms with Crippen LogP contribution in [0.2, 0.25) is 0 Å². The van der Waals surface area contributed by atoms with E-state index in [9.17, 15) is 4.79 Å². The van der Waals surface area contributed by atoms with Crippen molar-refractivity contribution in [1.82, 2.24) is 5.32 Å². The van der Waals surface area contributed by atoms with Gasteiger partial charge in [-0.15, -0.1) is 0 Å². The Morgan fingerprint density at radius 1 is 1.29 bits per heavy atom. The highest BCUT2D eigenvalue weighted by Gasteiger charge is 2.06. The molecule has 0 aliphatic heterocycles. The van der Waals surface area contributed by atoms with Gasteiger partial charge in [0.15, 0.2) is 0 Å². The fourth-order valence-corrected chi connectivity index (χ4v) is 2.24. The number of carbonyl (C=O) groups excluding carboxylic acids is 1. The second kappa shape index (κ2) is 5.32. The summed E-state index contributed by atoms with van der Waals surface area (Å²) in [5, 5.41) is 5.07. The minimum absolute atomic E-state index is 0.00581. The second-order valence-electron chi connectivity index (χ2n) is 3.93. The summed E-state index contributed by atoms with van der Waals surface area (Å²) < 4.78 is 1.05. The van der Waals surface area contributed by atoms with E-state index in [0.717, 1.165) is 28.2 Å². The van der Waals surface area contributed by atoms with E-state index in [0.29, 0.717) is 5.56 Å². The predicted octanol–water partition coefficient (Wildman–Crippen LogP) is 3.74. The predicted molar refractivity (Wildman–Crippen MR) is 74.3 cm³/mol. The third kappa shape index (κ3) is 2.67. The average molecular weight is 292 g/mol. The van der Waals surface area contributed by atoms with Crippen LogP contribution in [0.15, 0.2) is 40.9 Å². The Hall–Kier alpha value is -1.35. The Morgan fingerprint density at radius 2 is 2.12 bits per heavy atom. The van der Waals surface area contributed by atoms with Crippen LogP contribution in [0.3, 0.4) is 0 Å². The normalized spacial score (nSPS) is 10.5. The number of hydrogen-bond donors (Lipinski definition) is 1. The molecule has 3 heteroatoms. The molecule has 0 radical (unpaired) electrons. The smallest absolute Gasteiger partial charge is 0.251 e. The number of halogens is 1. The third-order valence-corrected chi connectivity index (χ3v) is 3.32. The fourth-order valence-electron chi connectivity index (χ4n) is 1.73. The highest BCUT2D eigenvalue weighted by molar-refractivity contribution is 9.10. The largest absolute Gasteiger partial charge is 0.352 e. The Bertz CT molecular complexity index is 551. The number of hydrogen-bond acceptors (Lipinski definition) is 1. The van der Waals surface area contributed by atoms with E-state index < -0.39 is 0 Å². The van der Waals surface area contributed by atoms with Crippen molar-refractivity contribution in [2.45, 2.75) is 13.3 Å². The molecule has 0 atom stereocenters. The molecule has 0 heterocycles. The second-order valence-corrected chi connectivity index (χ2v) is 4.79. The molecular weight excluding hydrogens is 278 g/mol. The number of carbonyl (C=O) groups is 1. The Kier molecular flexibility index (Phi) is 3.79. The van der Waals surface area contributed by atoms with Crippen LogP contribution in [0.4, 0.5) is 0 Å². The lowest BCUT2D eigenvalue weighted by molar-refractivity contribution is 0.0954. The van der Waals surface area contributed by atoms with Gasteiger partial charge >= 0.3 is 0 Å². The van der Waals surface area contributed by atoms with Crippen molar-refractivity contribution in [3.63, 3.8) is 0 Å². The number of amides is 1. The first kappa shape index (κ1) is 12.1. The van der Waals surface area contributed by atoms with Crippen molar-refractivity contribution < 1.29 is 4.79 Å². The van der Waals surface area contributed by atoms with Crippen molar-refractivity contribution in [2.75, 3.05) is 6.54 Å². The molecule has 0 aromatic heterocycles. The summed E-state index contributed by atoms with van der Waals surface area (Å²) in [5.74, 6) is -0.00581. The lowest BCUT2D eigenvalue weighted by Crippen LogP contribution is -2.23. The highest BCUT2D eigenvalue weighted by atomic mass is 79.9. The van der Waals surface area contributed by atoms with Crippen LogP contribution < -0.4 is 5.32 Å². The van der Waals surface area contributed by atoms with E-state index in [2.05, 4.69) is 21.2 Å². The minimum Gasteiger partial charge on any atom is -0.352 e. The van der Waals surface area contributed by atoms with Crippen LogP contribution >= 0.6 is 15.9 Å². The first-order chi connectivity index (χ1) is 8.22. The van der Waals surface area contributed by atoms with Crippen molar-refractivity contribution in [3.05, 3.63) is 46.4 Å². The zero-order valence-electron chi connectivity index (χ0n) is 9.66. The lowest BCUT2D eigenvalue weighted by atomic mass is 10.1. The van der Waals surface area contributed by atoms with Gasteiger partial charge < -0.3 is 5.32 Å². The maximum Gasteiger partial charge on any atom is 0.251 e. The van der Waals surface area contributed by atoms with Crippen molar-refractivity contribution in [1.29, 1.82) is 0 Å². The first-order valence-electron chi connectivity index (χ1n) is 5.69. The molecule has 0 aliphatic carbocycles. The standard InChI is InChI=1S/C14H14BrNO/c1-2-8-16-14(17)11-6-7-12-10(9-11)4-3-5-13(12)15/h3-7,9H,2,8H2,1H3,(H,16,17). The SMILES string of the molecule is CCCNC(=O)c1ccc2c(Br)cccc2c1. The van der Waals surface area contributed by atoms with Crippen LogP contribution in [-0.2, 0) is 0 Å². The molecule has 0 saturated carbocycles. The van der Waals surface area contributed by atoms with Crippen molar-refractivity contribution >= 4 is 32.6 Å². The maximum absolute atomic E-state index is 11.8. The van der Waals surface area contributed by atoms with E-state index in [1.54, 1.807) is 0 Å². The molecule has 88 valence electrons. The lowest BCUT2D eigenvalue weighted by Gasteiger charge is -2.06. The molecule has 0 fully saturated rings. The molecule has 2 nitrogen and oxygen atoms in total. The molecule has 1 N–H and O–H groups in total. The molecule has 17 heavy (non-hydrogen) atoms. The zero-order chi connectivity index (χ0) is 12.3. The molecule has 2 aromatic carbocycles. The quantitative estimate of drug-likeness (QED) is 0.917. The van der Waals surface area contributed by atoms with Gasteiger partial charge in [0.1, 0.15) is 0 Å². The Balaban J connectivity index is 2.35. The van der Waals surface area contributed by atoms with Crippen LogP contribution in [0.25, 0.3) is 10.8 Å². The molecular formula is C14H14BrNO. The molecule has 2 aromatic rings. The number of rotatable bonds is 3. The third-order valence-electron chi connectivity index (χ3n) is 2.62. The number of nitrogens with one attached hydrogen (secondary N) is 1. The topological polar surface area (TPSA) is 29.1 Å². The van der Waals surface area contributed by atoms with Gasteiger partial charge in [0.05, 0.1) is 0 Å². The van der Waals surface area contributed by atoms with Gasteiger partial charge in [-0.1, -0.05) is 41.1 Å². The van der Waals surface area contributed by atoms with Crippen LogP contribution in [-0.4, -0.2) is 12.5 Å². The molecule has 0 unspecified atom stereocenters. The first-order valence-corrected chi connectivity index (χ1v) is 6.48. The summed E-state index contributed by atoms with van der Waals surface area (Å²) in [6.07, 6.45) is 0.949. The van der Waals surface area contributed by atoms with E-state index in [-0.39, 0.29) is 5.91 Å². The monoisotopic (exact) mass is 291 g/mol. The summed E-state index contributed by atoms with van der Waals surface area (Å²) in [7, 11) is 0. The van der Waals surface area contributed by atoms with E-state index in [4.69, 9.17) is 0 Å². The average Bonchev–Trinajstić information content (AvgIpc) is 2.36. The van der Waals surface area contributed by atoms with Gasteiger partial charge in [-0.3, -0.25) is 4.79 Å². The molecule has 0 bridgehead atoms. The Morgan fingerprint density at radius 3 is 2.88 bits per heavy atom. The summed E-state index contributed by atoms with van der Waals surface area (Å²) in [4.78, 5) is 11.8. The number of benzene rings is 2. The molecule has 2 rings (SSSR count). The van der Waals surface area contributed by atoms with Gasteiger partial charge in [-0.05, 0) is 35.4 Å². The van der Waals surface area contributed by atoms with Crippen molar-refractivity contribution in [2.24, 2.45) is 0 Å². The van der Waals surface area contributed by atoms with Gasteiger partial charge in [-0.2, -0.15) is 0 Å². The maximum atomic E-state index is 11.8.